The molecule has 7 nitrogen and oxygen atoms in total. The Morgan fingerprint density at radius 3 is 2.37 bits per heavy atom. The van der Waals surface area contributed by atoms with E-state index in [9.17, 15) is 36.3 Å². The zero-order valence-corrected chi connectivity index (χ0v) is 24.3. The van der Waals surface area contributed by atoms with Crippen LogP contribution in [0.1, 0.15) is 59.7 Å². The number of aryl methyl sites for hydroxylation is 1. The topological polar surface area (TPSA) is 70.2 Å². The van der Waals surface area contributed by atoms with Crippen LogP contribution in [0.5, 0.6) is 0 Å². The smallest absolute Gasteiger partial charge is 0.416 e. The van der Waals surface area contributed by atoms with Gasteiger partial charge in [-0.1, -0.05) is 30.3 Å². The molecule has 0 bridgehead atoms. The summed E-state index contributed by atoms with van der Waals surface area (Å²) < 4.78 is 75.7. The SMILES string of the molecule is C=CCC(F)(F)c1cc(C(C)N(C)C(=O)N2CCN3C(=O)C(C(=O)OC)CC3C2c2ccccc2C)cc(C(F)(F)F)c1. The van der Waals surface area contributed by atoms with E-state index in [-0.39, 0.29) is 31.0 Å². The Balaban J connectivity index is 1.72. The highest BCUT2D eigenvalue weighted by atomic mass is 19.4. The minimum atomic E-state index is -4.89. The second-order valence-corrected chi connectivity index (χ2v) is 11.0. The monoisotopic (exact) mass is 607 g/mol. The molecule has 0 N–H and O–H groups in total. The number of allylic oxidation sites excluding steroid dienone is 1. The first-order chi connectivity index (χ1) is 20.1. The number of piperazine rings is 1. The molecule has 2 saturated heterocycles. The van der Waals surface area contributed by atoms with Gasteiger partial charge in [-0.05, 0) is 55.2 Å². The highest BCUT2D eigenvalue weighted by Crippen LogP contribution is 2.43. The van der Waals surface area contributed by atoms with Crippen LogP contribution in [0.15, 0.2) is 55.1 Å². The van der Waals surface area contributed by atoms with Gasteiger partial charge >= 0.3 is 18.2 Å². The van der Waals surface area contributed by atoms with Gasteiger partial charge in [0.2, 0.25) is 5.91 Å². The number of hydrogen-bond donors (Lipinski definition) is 0. The van der Waals surface area contributed by atoms with Crippen molar-refractivity contribution in [3.63, 3.8) is 0 Å². The van der Waals surface area contributed by atoms with Crippen molar-refractivity contribution in [2.24, 2.45) is 5.92 Å². The third-order valence-corrected chi connectivity index (χ3v) is 8.45. The summed E-state index contributed by atoms with van der Waals surface area (Å²) in [5.74, 6) is -5.67. The normalized spacial score (nSPS) is 21.3. The Morgan fingerprint density at radius 1 is 1.12 bits per heavy atom. The van der Waals surface area contributed by atoms with Gasteiger partial charge in [0, 0.05) is 32.1 Å². The Kier molecular flexibility index (Phi) is 8.90. The number of halogens is 5. The highest BCUT2D eigenvalue weighted by Gasteiger charge is 2.52. The molecule has 2 aliphatic rings. The fourth-order valence-corrected chi connectivity index (χ4v) is 5.98. The molecule has 2 aromatic rings. The van der Waals surface area contributed by atoms with Gasteiger partial charge in [-0.3, -0.25) is 9.59 Å². The predicted octanol–water partition coefficient (Wildman–Crippen LogP) is 6.24. The number of ether oxygens (including phenoxy) is 1. The summed E-state index contributed by atoms with van der Waals surface area (Å²) >= 11 is 0. The summed E-state index contributed by atoms with van der Waals surface area (Å²) in [6.07, 6.45) is -4.70. The maximum atomic E-state index is 14.8. The number of urea groups is 1. The van der Waals surface area contributed by atoms with Crippen LogP contribution in [0.3, 0.4) is 0 Å². The fourth-order valence-electron chi connectivity index (χ4n) is 5.98. The lowest BCUT2D eigenvalue weighted by molar-refractivity contribution is -0.150. The van der Waals surface area contributed by atoms with Crippen LogP contribution in [-0.4, -0.2) is 65.9 Å². The molecule has 4 unspecified atom stereocenters. The number of rotatable bonds is 7. The number of methoxy groups -OCH3 is 1. The number of carbonyl (C=O) groups is 3. The van der Waals surface area contributed by atoms with E-state index in [1.54, 1.807) is 11.0 Å². The zero-order valence-electron chi connectivity index (χ0n) is 24.3. The lowest BCUT2D eigenvalue weighted by atomic mass is 9.89. The molecular formula is C31H34F5N3O4. The Morgan fingerprint density at radius 2 is 1.77 bits per heavy atom. The van der Waals surface area contributed by atoms with Gasteiger partial charge in [0.05, 0.1) is 30.8 Å². The van der Waals surface area contributed by atoms with Crippen molar-refractivity contribution < 1.29 is 41.1 Å². The van der Waals surface area contributed by atoms with E-state index in [0.29, 0.717) is 6.07 Å². The molecule has 4 rings (SSSR count). The molecule has 0 aromatic heterocycles. The number of alkyl halides is 5. The van der Waals surface area contributed by atoms with Crippen LogP contribution in [0.25, 0.3) is 0 Å². The van der Waals surface area contributed by atoms with E-state index in [1.165, 1.54) is 30.9 Å². The van der Waals surface area contributed by atoms with E-state index < -0.39 is 65.7 Å². The fraction of sp³-hybridized carbons (Fsp3) is 0.452. The quantitative estimate of drug-likeness (QED) is 0.162. The van der Waals surface area contributed by atoms with Crippen molar-refractivity contribution in [3.05, 3.63) is 82.9 Å². The molecule has 2 aliphatic heterocycles. The maximum Gasteiger partial charge on any atom is 0.416 e. The number of carbonyl (C=O) groups excluding carboxylic acids is 3. The standard InChI is InChI=1S/C31H34F5N3O4/c1-6-11-30(32,33)21-14-20(15-22(16-21)31(34,35)36)19(3)37(4)29(42)39-13-12-38-25(17-24(27(38)40)28(41)43-5)26(39)23-10-8-7-9-18(23)2/h6-10,14-16,19,24-26H,1,11-13,17H2,2-5H3. The van der Waals surface area contributed by atoms with Crippen molar-refractivity contribution in [3.8, 4) is 0 Å². The molecule has 2 fully saturated rings. The van der Waals surface area contributed by atoms with Gasteiger partial charge < -0.3 is 19.4 Å². The number of esters is 1. The zero-order chi connectivity index (χ0) is 31.9. The lowest BCUT2D eigenvalue weighted by Gasteiger charge is -2.47. The molecule has 0 radical (unpaired) electrons. The average molecular weight is 608 g/mol. The molecule has 43 heavy (non-hydrogen) atoms. The van der Waals surface area contributed by atoms with Gasteiger partial charge in [0.1, 0.15) is 5.92 Å². The van der Waals surface area contributed by atoms with Crippen molar-refractivity contribution in [1.82, 2.24) is 14.7 Å². The van der Waals surface area contributed by atoms with Gasteiger partial charge in [-0.25, -0.2) is 13.6 Å². The average Bonchev–Trinajstić information content (AvgIpc) is 3.31. The second-order valence-electron chi connectivity index (χ2n) is 11.0. The van der Waals surface area contributed by atoms with E-state index in [1.807, 2.05) is 25.1 Å². The third-order valence-electron chi connectivity index (χ3n) is 8.45. The van der Waals surface area contributed by atoms with Crippen molar-refractivity contribution in [1.29, 1.82) is 0 Å². The van der Waals surface area contributed by atoms with Crippen molar-refractivity contribution in [2.45, 2.75) is 56.9 Å². The molecule has 0 spiro atoms. The van der Waals surface area contributed by atoms with Gasteiger partial charge in [0.15, 0.2) is 0 Å². The summed E-state index contributed by atoms with van der Waals surface area (Å²) in [4.78, 5) is 43.9. The van der Waals surface area contributed by atoms with Crippen LogP contribution in [0, 0.1) is 12.8 Å². The number of fused-ring (bicyclic) bond motifs is 1. The van der Waals surface area contributed by atoms with E-state index in [2.05, 4.69) is 6.58 Å². The molecule has 232 valence electrons. The van der Waals surface area contributed by atoms with Gasteiger partial charge in [-0.15, -0.1) is 6.58 Å². The number of hydrogen-bond acceptors (Lipinski definition) is 4. The first-order valence-electron chi connectivity index (χ1n) is 13.8. The first-order valence-corrected chi connectivity index (χ1v) is 13.8. The molecule has 12 heteroatoms. The molecule has 3 amide bonds. The summed E-state index contributed by atoms with van der Waals surface area (Å²) in [5.41, 5.74) is -0.604. The summed E-state index contributed by atoms with van der Waals surface area (Å²) in [7, 11) is 2.59. The van der Waals surface area contributed by atoms with Crippen LogP contribution in [0.2, 0.25) is 0 Å². The van der Waals surface area contributed by atoms with E-state index >= 15 is 0 Å². The highest BCUT2D eigenvalue weighted by molar-refractivity contribution is 5.99. The summed E-state index contributed by atoms with van der Waals surface area (Å²) in [5, 5.41) is 0. The molecular weight excluding hydrogens is 573 g/mol. The third kappa shape index (κ3) is 6.09. The Bertz CT molecular complexity index is 1410. The minimum absolute atomic E-state index is 0.0796. The summed E-state index contributed by atoms with van der Waals surface area (Å²) in [6.45, 7) is 6.81. The summed E-state index contributed by atoms with van der Waals surface area (Å²) in [6, 6.07) is 6.64. The van der Waals surface area contributed by atoms with Crippen molar-refractivity contribution >= 4 is 17.9 Å². The predicted molar refractivity (Wildman–Crippen MR) is 148 cm³/mol. The van der Waals surface area contributed by atoms with Crippen LogP contribution < -0.4 is 0 Å². The number of nitrogens with zero attached hydrogens (tertiary/aromatic N) is 3. The Labute approximate surface area is 246 Å². The molecule has 2 aromatic carbocycles. The van der Waals surface area contributed by atoms with Crippen LogP contribution in [0.4, 0.5) is 26.7 Å². The maximum absolute atomic E-state index is 14.8. The first kappa shape index (κ1) is 32.0. The molecule has 0 aliphatic carbocycles. The lowest BCUT2D eigenvalue weighted by Crippen LogP contribution is -2.57. The van der Waals surface area contributed by atoms with Crippen LogP contribution >= 0.6 is 0 Å². The molecule has 4 atom stereocenters. The van der Waals surface area contributed by atoms with E-state index in [4.69, 9.17) is 4.74 Å². The van der Waals surface area contributed by atoms with Crippen molar-refractivity contribution in [2.75, 3.05) is 27.2 Å². The van der Waals surface area contributed by atoms with Gasteiger partial charge in [-0.2, -0.15) is 13.2 Å². The van der Waals surface area contributed by atoms with E-state index in [0.717, 1.165) is 29.3 Å². The number of benzene rings is 2. The largest absolute Gasteiger partial charge is 0.468 e. The number of amides is 3. The second kappa shape index (κ2) is 12.0. The molecule has 0 saturated carbocycles. The Hall–Kier alpha value is -3.96. The minimum Gasteiger partial charge on any atom is -0.468 e. The molecule has 2 heterocycles. The van der Waals surface area contributed by atoms with Crippen LogP contribution in [-0.2, 0) is 26.4 Å². The van der Waals surface area contributed by atoms with Gasteiger partial charge in [0.25, 0.3) is 5.92 Å².